The Labute approximate surface area is 118 Å². The molecule has 0 amide bonds. The highest BCUT2D eigenvalue weighted by molar-refractivity contribution is 6.00. The number of nitrogens with two attached hydrogens (primary N) is 1. The fourth-order valence-electron chi connectivity index (χ4n) is 2.23. The lowest BCUT2D eigenvalue weighted by molar-refractivity contribution is 0.101. The number of carbonyl (C=O) groups excluding carboxylic acids is 1. The molecule has 2 aromatic rings. The summed E-state index contributed by atoms with van der Waals surface area (Å²) in [6.45, 7) is 6.23. The molecule has 5 nitrogen and oxygen atoms in total. The molecule has 0 saturated carbocycles. The lowest BCUT2D eigenvalue weighted by Gasteiger charge is -2.09. The first-order valence-corrected chi connectivity index (χ1v) is 6.53. The summed E-state index contributed by atoms with van der Waals surface area (Å²) < 4.78 is 1.87. The second-order valence-electron chi connectivity index (χ2n) is 4.98. The molecule has 0 fully saturated rings. The number of ketones is 1. The van der Waals surface area contributed by atoms with Gasteiger partial charge in [-0.1, -0.05) is 0 Å². The van der Waals surface area contributed by atoms with Crippen LogP contribution in [0.1, 0.15) is 34.2 Å². The molecule has 2 rings (SSSR count). The summed E-state index contributed by atoms with van der Waals surface area (Å²) in [5.41, 5.74) is 11.1. The van der Waals surface area contributed by atoms with Crippen LogP contribution in [0.2, 0.25) is 0 Å². The Bertz CT molecular complexity index is 658. The molecule has 1 aromatic heterocycles. The molecule has 0 saturated heterocycles. The molecule has 0 radical (unpaired) electrons. The summed E-state index contributed by atoms with van der Waals surface area (Å²) in [4.78, 5) is 11.5. The Morgan fingerprint density at radius 3 is 2.65 bits per heavy atom. The first-order valence-electron chi connectivity index (χ1n) is 6.53. The molecule has 20 heavy (non-hydrogen) atoms. The molecule has 0 atom stereocenters. The second-order valence-corrected chi connectivity index (χ2v) is 4.98. The Kier molecular flexibility index (Phi) is 3.79. The summed E-state index contributed by atoms with van der Waals surface area (Å²) in [6, 6.07) is 5.42. The monoisotopic (exact) mass is 272 g/mol. The van der Waals surface area contributed by atoms with Crippen molar-refractivity contribution in [1.82, 2.24) is 9.78 Å². The van der Waals surface area contributed by atoms with Crippen molar-refractivity contribution in [3.63, 3.8) is 0 Å². The predicted molar refractivity (Wildman–Crippen MR) is 80.9 cm³/mol. The van der Waals surface area contributed by atoms with E-state index >= 15 is 0 Å². The predicted octanol–water partition coefficient (Wildman–Crippen LogP) is 2.43. The molecular formula is C15H20N4O. The number of hydrogen-bond donors (Lipinski definition) is 2. The van der Waals surface area contributed by atoms with Crippen molar-refractivity contribution in [2.75, 3.05) is 11.1 Å². The molecule has 0 spiro atoms. The normalized spacial score (nSPS) is 10.6. The van der Waals surface area contributed by atoms with Crippen molar-refractivity contribution in [3.8, 4) is 0 Å². The third-order valence-electron chi connectivity index (χ3n) is 3.56. The first kappa shape index (κ1) is 14.1. The van der Waals surface area contributed by atoms with E-state index in [1.165, 1.54) is 12.5 Å². The molecule has 0 aliphatic carbocycles. The highest BCUT2D eigenvalue weighted by atomic mass is 16.1. The second kappa shape index (κ2) is 5.36. The van der Waals surface area contributed by atoms with Crippen LogP contribution in [0.5, 0.6) is 0 Å². The van der Waals surface area contributed by atoms with Crippen molar-refractivity contribution in [2.45, 2.75) is 27.3 Å². The summed E-state index contributed by atoms with van der Waals surface area (Å²) in [5.74, 6) is -0.0279. The molecule has 0 aliphatic rings. The zero-order valence-corrected chi connectivity index (χ0v) is 12.3. The lowest BCUT2D eigenvalue weighted by Crippen LogP contribution is -2.05. The largest absolute Gasteiger partial charge is 0.398 e. The topological polar surface area (TPSA) is 72.9 Å². The smallest absolute Gasteiger partial charge is 0.161 e. The van der Waals surface area contributed by atoms with Gasteiger partial charge >= 0.3 is 0 Å². The number of nitrogen functional groups attached to an aromatic ring is 1. The number of aromatic nitrogens is 2. The summed E-state index contributed by atoms with van der Waals surface area (Å²) >= 11 is 0. The molecule has 1 heterocycles. The van der Waals surface area contributed by atoms with Gasteiger partial charge in [0.2, 0.25) is 0 Å². The zero-order valence-electron chi connectivity index (χ0n) is 12.3. The number of Topliss-reactive ketones (excluding diaryl/α,β-unsaturated/α-hetero) is 1. The first-order chi connectivity index (χ1) is 9.40. The molecule has 0 aliphatic heterocycles. The van der Waals surface area contributed by atoms with E-state index in [1.54, 1.807) is 12.1 Å². The number of anilines is 2. The standard InChI is InChI=1S/C15H20N4O/c1-9-14(10(2)19(4)18-9)8-17-12-5-6-15(16)13(7-12)11(3)20/h5-7,17H,8,16H2,1-4H3. The van der Waals surface area contributed by atoms with Crippen LogP contribution >= 0.6 is 0 Å². The van der Waals surface area contributed by atoms with Crippen LogP contribution in [0.4, 0.5) is 11.4 Å². The van der Waals surface area contributed by atoms with Crippen LogP contribution in [0.25, 0.3) is 0 Å². The van der Waals surface area contributed by atoms with Gasteiger partial charge in [-0.05, 0) is 39.0 Å². The number of carbonyl (C=O) groups is 1. The van der Waals surface area contributed by atoms with Crippen molar-refractivity contribution < 1.29 is 4.79 Å². The van der Waals surface area contributed by atoms with Gasteiger partial charge in [0.25, 0.3) is 0 Å². The van der Waals surface area contributed by atoms with E-state index in [-0.39, 0.29) is 5.78 Å². The number of aryl methyl sites for hydroxylation is 2. The van der Waals surface area contributed by atoms with E-state index in [2.05, 4.69) is 10.4 Å². The maximum atomic E-state index is 11.5. The van der Waals surface area contributed by atoms with E-state index in [9.17, 15) is 4.79 Å². The van der Waals surface area contributed by atoms with Gasteiger partial charge in [0.15, 0.2) is 5.78 Å². The third kappa shape index (κ3) is 2.66. The van der Waals surface area contributed by atoms with Crippen molar-refractivity contribution >= 4 is 17.2 Å². The maximum absolute atomic E-state index is 11.5. The van der Waals surface area contributed by atoms with Gasteiger partial charge in [-0.25, -0.2) is 0 Å². The maximum Gasteiger partial charge on any atom is 0.161 e. The summed E-state index contributed by atoms with van der Waals surface area (Å²) in [7, 11) is 1.93. The minimum Gasteiger partial charge on any atom is -0.398 e. The van der Waals surface area contributed by atoms with Gasteiger partial charge < -0.3 is 11.1 Å². The van der Waals surface area contributed by atoms with Crippen molar-refractivity contribution in [2.24, 2.45) is 7.05 Å². The van der Waals surface area contributed by atoms with E-state index in [4.69, 9.17) is 5.73 Å². The van der Waals surface area contributed by atoms with Crippen LogP contribution in [-0.4, -0.2) is 15.6 Å². The molecule has 0 unspecified atom stereocenters. The lowest BCUT2D eigenvalue weighted by atomic mass is 10.1. The Balaban J connectivity index is 2.19. The SMILES string of the molecule is CC(=O)c1cc(NCc2c(C)nn(C)c2C)ccc1N. The molecule has 106 valence electrons. The molecule has 1 aromatic carbocycles. The van der Waals surface area contributed by atoms with Gasteiger partial charge in [-0.3, -0.25) is 9.48 Å². The van der Waals surface area contributed by atoms with Gasteiger partial charge in [-0.2, -0.15) is 5.10 Å². The number of nitrogens with one attached hydrogen (secondary N) is 1. The van der Waals surface area contributed by atoms with E-state index in [0.29, 0.717) is 17.8 Å². The summed E-state index contributed by atoms with van der Waals surface area (Å²) in [5, 5.41) is 7.70. The average molecular weight is 272 g/mol. The van der Waals surface area contributed by atoms with Crippen LogP contribution in [0, 0.1) is 13.8 Å². The van der Waals surface area contributed by atoms with Crippen molar-refractivity contribution in [3.05, 3.63) is 40.7 Å². The summed E-state index contributed by atoms with van der Waals surface area (Å²) in [6.07, 6.45) is 0. The minimum absolute atomic E-state index is 0.0279. The minimum atomic E-state index is -0.0279. The fourth-order valence-corrected chi connectivity index (χ4v) is 2.23. The third-order valence-corrected chi connectivity index (χ3v) is 3.56. The van der Waals surface area contributed by atoms with Crippen LogP contribution < -0.4 is 11.1 Å². The number of hydrogen-bond acceptors (Lipinski definition) is 4. The van der Waals surface area contributed by atoms with Crippen LogP contribution in [0.15, 0.2) is 18.2 Å². The Morgan fingerprint density at radius 2 is 2.10 bits per heavy atom. The average Bonchev–Trinajstić information content (AvgIpc) is 2.62. The highest BCUT2D eigenvalue weighted by Crippen LogP contribution is 2.20. The molecule has 0 bridgehead atoms. The Hall–Kier alpha value is -2.30. The van der Waals surface area contributed by atoms with Gasteiger partial charge in [0, 0.05) is 41.8 Å². The Morgan fingerprint density at radius 1 is 1.40 bits per heavy atom. The number of rotatable bonds is 4. The van der Waals surface area contributed by atoms with Gasteiger partial charge in [0.1, 0.15) is 0 Å². The van der Waals surface area contributed by atoms with Gasteiger partial charge in [0.05, 0.1) is 5.69 Å². The quantitative estimate of drug-likeness (QED) is 0.662. The molecule has 3 N–H and O–H groups in total. The van der Waals surface area contributed by atoms with Gasteiger partial charge in [-0.15, -0.1) is 0 Å². The zero-order chi connectivity index (χ0) is 14.9. The number of benzene rings is 1. The van der Waals surface area contributed by atoms with E-state index in [1.807, 2.05) is 31.6 Å². The highest BCUT2D eigenvalue weighted by Gasteiger charge is 2.10. The fraction of sp³-hybridized carbons (Fsp3) is 0.333. The number of nitrogens with zero attached hydrogens (tertiary/aromatic N) is 2. The van der Waals surface area contributed by atoms with Crippen molar-refractivity contribution in [1.29, 1.82) is 0 Å². The van der Waals surface area contributed by atoms with E-state index < -0.39 is 0 Å². The molecular weight excluding hydrogens is 252 g/mol. The van der Waals surface area contributed by atoms with Crippen LogP contribution in [-0.2, 0) is 13.6 Å². The van der Waals surface area contributed by atoms with E-state index in [0.717, 1.165) is 17.1 Å². The molecule has 5 heteroatoms. The van der Waals surface area contributed by atoms with Crippen LogP contribution in [0.3, 0.4) is 0 Å².